The smallest absolute Gasteiger partial charge is 0.321 e. The van der Waals surface area contributed by atoms with E-state index in [9.17, 15) is 14.4 Å². The molecule has 0 atom stereocenters. The number of nitrogens with one attached hydrogen (secondary N) is 3. The molecule has 0 spiro atoms. The van der Waals surface area contributed by atoms with Crippen LogP contribution in [0.1, 0.15) is 22.2 Å². The number of imide groups is 1. The second kappa shape index (κ2) is 8.83. The van der Waals surface area contributed by atoms with Crippen molar-refractivity contribution in [2.45, 2.75) is 13.3 Å². The lowest BCUT2D eigenvalue weighted by molar-refractivity contribution is -0.118. The SMILES string of the molecule is CC(=O)c1ccc(NCC(=O)NC(=O)NCCc2cccs2)cc1. The number of hydrogen-bond acceptors (Lipinski definition) is 5. The van der Waals surface area contributed by atoms with Gasteiger partial charge in [0.25, 0.3) is 0 Å². The molecule has 7 heteroatoms. The van der Waals surface area contributed by atoms with E-state index in [1.54, 1.807) is 35.6 Å². The van der Waals surface area contributed by atoms with Crippen molar-refractivity contribution in [1.82, 2.24) is 10.6 Å². The molecule has 0 saturated carbocycles. The first-order chi connectivity index (χ1) is 11.5. The Kier molecular flexibility index (Phi) is 6.51. The van der Waals surface area contributed by atoms with Gasteiger partial charge in [0.15, 0.2) is 5.78 Å². The van der Waals surface area contributed by atoms with Crippen molar-refractivity contribution < 1.29 is 14.4 Å². The summed E-state index contributed by atoms with van der Waals surface area (Å²) in [6.45, 7) is 1.93. The molecule has 3 amide bonds. The maximum Gasteiger partial charge on any atom is 0.321 e. The maximum absolute atomic E-state index is 11.7. The maximum atomic E-state index is 11.7. The van der Waals surface area contributed by atoms with Crippen molar-refractivity contribution >= 4 is 34.7 Å². The Morgan fingerprint density at radius 1 is 1.08 bits per heavy atom. The molecule has 0 radical (unpaired) electrons. The first-order valence-electron chi connectivity index (χ1n) is 7.49. The summed E-state index contributed by atoms with van der Waals surface area (Å²) in [4.78, 5) is 35.7. The lowest BCUT2D eigenvalue weighted by Gasteiger charge is -2.08. The second-order valence-corrected chi connectivity index (χ2v) is 6.15. The Hall–Kier alpha value is -2.67. The van der Waals surface area contributed by atoms with Crippen LogP contribution < -0.4 is 16.0 Å². The predicted octanol–water partition coefficient (Wildman–Crippen LogP) is 2.43. The summed E-state index contributed by atoms with van der Waals surface area (Å²) in [6, 6.07) is 10.2. The Morgan fingerprint density at radius 3 is 2.46 bits per heavy atom. The van der Waals surface area contributed by atoms with Gasteiger partial charge in [-0.2, -0.15) is 0 Å². The molecule has 0 aliphatic heterocycles. The molecule has 2 rings (SSSR count). The Morgan fingerprint density at radius 2 is 1.83 bits per heavy atom. The highest BCUT2D eigenvalue weighted by Gasteiger charge is 2.07. The fraction of sp³-hybridized carbons (Fsp3) is 0.235. The van der Waals surface area contributed by atoms with Crippen LogP contribution in [0, 0.1) is 0 Å². The molecular weight excluding hydrogens is 326 g/mol. The number of benzene rings is 1. The van der Waals surface area contributed by atoms with E-state index in [1.807, 2.05) is 17.5 Å². The molecule has 0 bridgehead atoms. The first-order valence-corrected chi connectivity index (χ1v) is 8.37. The van der Waals surface area contributed by atoms with Crippen molar-refractivity contribution in [3.05, 3.63) is 52.2 Å². The molecule has 0 unspecified atom stereocenters. The molecule has 6 nitrogen and oxygen atoms in total. The molecule has 1 aromatic carbocycles. The van der Waals surface area contributed by atoms with Crippen molar-refractivity contribution in [3.63, 3.8) is 0 Å². The van der Waals surface area contributed by atoms with Gasteiger partial charge in [-0.1, -0.05) is 6.07 Å². The molecule has 1 heterocycles. The molecule has 1 aromatic heterocycles. The highest BCUT2D eigenvalue weighted by atomic mass is 32.1. The third-order valence-corrected chi connectivity index (χ3v) is 4.17. The zero-order chi connectivity index (χ0) is 17.4. The van der Waals surface area contributed by atoms with Crippen LogP contribution in [0.2, 0.25) is 0 Å². The zero-order valence-corrected chi connectivity index (χ0v) is 14.1. The van der Waals surface area contributed by atoms with Gasteiger partial charge in [0, 0.05) is 22.7 Å². The van der Waals surface area contributed by atoms with Gasteiger partial charge in [0.05, 0.1) is 6.54 Å². The van der Waals surface area contributed by atoms with Gasteiger partial charge in [-0.3, -0.25) is 14.9 Å². The lowest BCUT2D eigenvalue weighted by Crippen LogP contribution is -2.42. The van der Waals surface area contributed by atoms with Crippen LogP contribution in [0.25, 0.3) is 0 Å². The standard InChI is InChI=1S/C17H19N3O3S/c1-12(21)13-4-6-14(7-5-13)19-11-16(22)20-17(23)18-9-8-15-3-2-10-24-15/h2-7,10,19H,8-9,11H2,1H3,(H2,18,20,22,23). The van der Waals surface area contributed by atoms with Crippen LogP contribution in [-0.2, 0) is 11.2 Å². The summed E-state index contributed by atoms with van der Waals surface area (Å²) in [5.74, 6) is -0.446. The average molecular weight is 345 g/mol. The number of Topliss-reactive ketones (excluding diaryl/α,β-unsaturated/α-hetero) is 1. The van der Waals surface area contributed by atoms with Gasteiger partial charge in [0.1, 0.15) is 0 Å². The molecule has 0 aliphatic carbocycles. The summed E-state index contributed by atoms with van der Waals surface area (Å²) in [7, 11) is 0. The van der Waals surface area contributed by atoms with Crippen LogP contribution in [-0.4, -0.2) is 30.8 Å². The van der Waals surface area contributed by atoms with Gasteiger partial charge in [-0.25, -0.2) is 4.79 Å². The number of rotatable bonds is 7. The minimum absolute atomic E-state index is 0.0153. The summed E-state index contributed by atoms with van der Waals surface area (Å²) >= 11 is 1.63. The number of carbonyl (C=O) groups is 3. The minimum atomic E-state index is -0.509. The fourth-order valence-corrected chi connectivity index (χ4v) is 2.68. The average Bonchev–Trinajstić information content (AvgIpc) is 3.06. The summed E-state index contributed by atoms with van der Waals surface area (Å²) in [6.07, 6.45) is 0.736. The van der Waals surface area contributed by atoms with E-state index in [2.05, 4.69) is 16.0 Å². The number of ketones is 1. The van der Waals surface area contributed by atoms with Gasteiger partial charge in [0.2, 0.25) is 5.91 Å². The van der Waals surface area contributed by atoms with E-state index in [0.717, 1.165) is 6.42 Å². The topological polar surface area (TPSA) is 87.3 Å². The Labute approximate surface area is 144 Å². The predicted molar refractivity (Wildman–Crippen MR) is 94.5 cm³/mol. The Bertz CT molecular complexity index is 696. The number of thiophene rings is 1. The van der Waals surface area contributed by atoms with Gasteiger partial charge < -0.3 is 10.6 Å². The van der Waals surface area contributed by atoms with E-state index in [0.29, 0.717) is 17.8 Å². The molecule has 24 heavy (non-hydrogen) atoms. The quantitative estimate of drug-likeness (QED) is 0.673. The van der Waals surface area contributed by atoms with Crippen LogP contribution in [0.15, 0.2) is 41.8 Å². The third-order valence-electron chi connectivity index (χ3n) is 3.23. The highest BCUT2D eigenvalue weighted by Crippen LogP contribution is 2.09. The van der Waals surface area contributed by atoms with E-state index >= 15 is 0 Å². The second-order valence-electron chi connectivity index (χ2n) is 5.12. The van der Waals surface area contributed by atoms with E-state index in [4.69, 9.17) is 0 Å². The van der Waals surface area contributed by atoms with Gasteiger partial charge in [-0.15, -0.1) is 11.3 Å². The molecule has 3 N–H and O–H groups in total. The lowest BCUT2D eigenvalue weighted by atomic mass is 10.1. The normalized spacial score (nSPS) is 10.0. The van der Waals surface area contributed by atoms with E-state index < -0.39 is 11.9 Å². The van der Waals surface area contributed by atoms with Crippen molar-refractivity contribution in [2.75, 3.05) is 18.4 Å². The number of anilines is 1. The number of hydrogen-bond donors (Lipinski definition) is 3. The monoisotopic (exact) mass is 345 g/mol. The van der Waals surface area contributed by atoms with Crippen LogP contribution in [0.5, 0.6) is 0 Å². The van der Waals surface area contributed by atoms with Crippen LogP contribution >= 0.6 is 11.3 Å². The van der Waals surface area contributed by atoms with Crippen molar-refractivity contribution in [3.8, 4) is 0 Å². The van der Waals surface area contributed by atoms with Gasteiger partial charge >= 0.3 is 6.03 Å². The fourth-order valence-electron chi connectivity index (χ4n) is 1.97. The largest absolute Gasteiger partial charge is 0.376 e. The third kappa shape index (κ3) is 5.85. The van der Waals surface area contributed by atoms with E-state index in [1.165, 1.54) is 11.8 Å². The molecule has 126 valence electrons. The zero-order valence-electron chi connectivity index (χ0n) is 13.3. The minimum Gasteiger partial charge on any atom is -0.376 e. The highest BCUT2D eigenvalue weighted by molar-refractivity contribution is 7.09. The summed E-state index contributed by atoms with van der Waals surface area (Å²) < 4.78 is 0. The Balaban J connectivity index is 1.66. The molecule has 0 fully saturated rings. The van der Waals surface area contributed by atoms with Crippen molar-refractivity contribution in [2.24, 2.45) is 0 Å². The first kappa shape index (κ1) is 17.7. The number of carbonyl (C=O) groups excluding carboxylic acids is 3. The van der Waals surface area contributed by atoms with Gasteiger partial charge in [-0.05, 0) is 49.1 Å². The van der Waals surface area contributed by atoms with E-state index in [-0.39, 0.29) is 12.3 Å². The van der Waals surface area contributed by atoms with Crippen molar-refractivity contribution in [1.29, 1.82) is 0 Å². The molecule has 0 aliphatic rings. The van der Waals surface area contributed by atoms with Crippen LogP contribution in [0.3, 0.4) is 0 Å². The number of amides is 3. The summed E-state index contributed by atoms with van der Waals surface area (Å²) in [5.41, 5.74) is 1.31. The van der Waals surface area contributed by atoms with Crippen LogP contribution in [0.4, 0.5) is 10.5 Å². The summed E-state index contributed by atoms with van der Waals surface area (Å²) in [5, 5.41) is 9.77. The molecule has 2 aromatic rings. The molecular formula is C17H19N3O3S. The number of urea groups is 1. The molecule has 0 saturated heterocycles.